The second kappa shape index (κ2) is 7.31. The van der Waals surface area contributed by atoms with Gasteiger partial charge in [0.05, 0.1) is 29.3 Å². The van der Waals surface area contributed by atoms with E-state index in [2.05, 4.69) is 4.98 Å². The average Bonchev–Trinajstić information content (AvgIpc) is 2.65. The second-order valence-corrected chi connectivity index (χ2v) is 6.99. The topological polar surface area (TPSA) is 76.2 Å². The van der Waals surface area contributed by atoms with E-state index >= 15 is 0 Å². The van der Waals surface area contributed by atoms with E-state index < -0.39 is 18.0 Å². The number of carbonyl (C=O) groups excluding carboxylic acids is 1. The molecule has 144 valence electrons. The van der Waals surface area contributed by atoms with E-state index in [1.165, 1.54) is 0 Å². The fourth-order valence-electron chi connectivity index (χ4n) is 3.51. The van der Waals surface area contributed by atoms with Crippen molar-refractivity contribution in [1.82, 2.24) is 4.98 Å². The van der Waals surface area contributed by atoms with Gasteiger partial charge in [-0.15, -0.1) is 0 Å². The van der Waals surface area contributed by atoms with Gasteiger partial charge in [-0.05, 0) is 30.9 Å². The maximum atomic E-state index is 12.9. The fraction of sp³-hybridized carbons (Fsp3) is 0.400. The monoisotopic (exact) mass is 378 g/mol. The molecule has 1 amide bonds. The third-order valence-corrected chi connectivity index (χ3v) is 5.10. The van der Waals surface area contributed by atoms with Crippen LogP contribution in [0.15, 0.2) is 30.3 Å². The smallest absolute Gasteiger partial charge is 0.392 e. The van der Waals surface area contributed by atoms with Crippen molar-refractivity contribution >= 4 is 22.4 Å². The van der Waals surface area contributed by atoms with Gasteiger partial charge in [-0.1, -0.05) is 31.2 Å². The predicted octanol–water partition coefficient (Wildman–Crippen LogP) is 4.18. The number of primary amides is 1. The highest BCUT2D eigenvalue weighted by molar-refractivity contribution is 6.00. The van der Waals surface area contributed by atoms with Crippen LogP contribution in [0, 0.1) is 5.92 Å². The van der Waals surface area contributed by atoms with Crippen LogP contribution in [0.5, 0.6) is 0 Å². The molecule has 1 unspecified atom stereocenters. The molecule has 1 heterocycles. The number of amides is 1. The molecule has 1 aromatic carbocycles. The van der Waals surface area contributed by atoms with Crippen LogP contribution >= 0.6 is 0 Å². The molecule has 0 fully saturated rings. The minimum atomic E-state index is -4.18. The molecule has 2 aromatic rings. The Bertz CT molecular complexity index is 906. The van der Waals surface area contributed by atoms with E-state index in [0.717, 1.165) is 11.1 Å². The van der Waals surface area contributed by atoms with Gasteiger partial charge in [0.25, 0.3) is 5.91 Å². The molecule has 0 radical (unpaired) electrons. The lowest BCUT2D eigenvalue weighted by molar-refractivity contribution is -0.175. The number of hydrogen-bond acceptors (Lipinski definition) is 3. The van der Waals surface area contributed by atoms with Crippen molar-refractivity contribution in [2.24, 2.45) is 11.7 Å². The second-order valence-electron chi connectivity index (χ2n) is 6.99. The lowest BCUT2D eigenvalue weighted by atomic mass is 9.85. The lowest BCUT2D eigenvalue weighted by Crippen LogP contribution is -2.24. The predicted molar refractivity (Wildman–Crippen MR) is 97.1 cm³/mol. The van der Waals surface area contributed by atoms with Crippen LogP contribution in [-0.4, -0.2) is 28.8 Å². The van der Waals surface area contributed by atoms with Crippen LogP contribution in [0.2, 0.25) is 0 Å². The first-order valence-electron chi connectivity index (χ1n) is 8.82. The molecule has 0 spiro atoms. The molecule has 2 atom stereocenters. The number of para-hydroxylation sites is 1. The Hall–Kier alpha value is -2.41. The Morgan fingerprint density at radius 1 is 1.41 bits per heavy atom. The third-order valence-electron chi connectivity index (χ3n) is 5.10. The lowest BCUT2D eigenvalue weighted by Gasteiger charge is -2.25. The normalized spacial score (nSPS) is 19.0. The highest BCUT2D eigenvalue weighted by Gasteiger charge is 2.39. The quantitative estimate of drug-likeness (QED) is 0.838. The van der Waals surface area contributed by atoms with Gasteiger partial charge in [-0.25, -0.2) is 0 Å². The number of benzene rings is 1. The zero-order valence-corrected chi connectivity index (χ0v) is 14.9. The van der Waals surface area contributed by atoms with Gasteiger partial charge in [0.1, 0.15) is 0 Å². The number of halogens is 3. The van der Waals surface area contributed by atoms with Crippen LogP contribution in [-0.2, 0) is 0 Å². The van der Waals surface area contributed by atoms with Crippen molar-refractivity contribution in [3.63, 3.8) is 0 Å². The van der Waals surface area contributed by atoms with E-state index in [4.69, 9.17) is 5.73 Å². The molecule has 3 N–H and O–H groups in total. The van der Waals surface area contributed by atoms with Gasteiger partial charge < -0.3 is 10.8 Å². The standard InChI is InChI=1S/C20H21F3N2O2/c1-11(10-26)17-16(19(24)27)9-13-3-2-4-15(18(13)25-17)12-5-7-14(8-6-12)20(21,22)23/h2-5,9,11,14,26H,6-8,10H2,1H3,(H2,24,27)/t11-,14?/m1/s1. The third kappa shape index (κ3) is 3.83. The summed E-state index contributed by atoms with van der Waals surface area (Å²) in [6.45, 7) is 1.54. The molecule has 0 bridgehead atoms. The van der Waals surface area contributed by atoms with E-state index in [-0.39, 0.29) is 30.9 Å². The van der Waals surface area contributed by atoms with Gasteiger partial charge >= 0.3 is 6.18 Å². The first-order chi connectivity index (χ1) is 12.7. The maximum Gasteiger partial charge on any atom is 0.392 e. The van der Waals surface area contributed by atoms with Crippen molar-refractivity contribution in [1.29, 1.82) is 0 Å². The van der Waals surface area contributed by atoms with Gasteiger partial charge in [0.15, 0.2) is 0 Å². The molecule has 0 saturated heterocycles. The van der Waals surface area contributed by atoms with Crippen LogP contribution in [0.3, 0.4) is 0 Å². The first-order valence-corrected chi connectivity index (χ1v) is 8.82. The Labute approximate surface area is 154 Å². The van der Waals surface area contributed by atoms with Gasteiger partial charge in [0.2, 0.25) is 0 Å². The first kappa shape index (κ1) is 19.4. The Balaban J connectivity index is 2.10. The number of pyridine rings is 1. The fourth-order valence-corrected chi connectivity index (χ4v) is 3.51. The molecule has 7 heteroatoms. The molecular formula is C20H21F3N2O2. The minimum Gasteiger partial charge on any atom is -0.396 e. The zero-order chi connectivity index (χ0) is 19.8. The largest absolute Gasteiger partial charge is 0.396 e. The molecule has 1 aromatic heterocycles. The summed E-state index contributed by atoms with van der Waals surface area (Å²) < 4.78 is 38.7. The van der Waals surface area contributed by atoms with E-state index in [1.807, 2.05) is 6.07 Å². The molecule has 0 aliphatic heterocycles. The summed E-state index contributed by atoms with van der Waals surface area (Å²) in [6.07, 6.45) is -2.23. The average molecular weight is 378 g/mol. The number of aliphatic hydroxyl groups excluding tert-OH is 1. The van der Waals surface area contributed by atoms with Crippen molar-refractivity contribution in [3.8, 4) is 0 Å². The Kier molecular flexibility index (Phi) is 5.24. The Morgan fingerprint density at radius 3 is 2.70 bits per heavy atom. The molecule has 1 aliphatic rings. The van der Waals surface area contributed by atoms with E-state index in [9.17, 15) is 23.1 Å². The molecule has 1 aliphatic carbocycles. The van der Waals surface area contributed by atoms with Crippen molar-refractivity contribution in [2.75, 3.05) is 6.61 Å². The summed E-state index contributed by atoms with van der Waals surface area (Å²) in [5.41, 5.74) is 8.29. The number of nitrogens with zero attached hydrogens (tertiary/aromatic N) is 1. The molecule has 3 rings (SSSR count). The number of carbonyl (C=O) groups is 1. The van der Waals surface area contributed by atoms with Gasteiger partial charge in [-0.3, -0.25) is 9.78 Å². The van der Waals surface area contributed by atoms with Gasteiger partial charge in [0, 0.05) is 16.9 Å². The molecule has 4 nitrogen and oxygen atoms in total. The summed E-state index contributed by atoms with van der Waals surface area (Å²) >= 11 is 0. The van der Waals surface area contributed by atoms with Crippen LogP contribution in [0.1, 0.15) is 53.7 Å². The van der Waals surface area contributed by atoms with Crippen LogP contribution in [0.4, 0.5) is 13.2 Å². The number of hydrogen-bond donors (Lipinski definition) is 2. The van der Waals surface area contributed by atoms with Crippen LogP contribution < -0.4 is 5.73 Å². The van der Waals surface area contributed by atoms with E-state index in [0.29, 0.717) is 23.0 Å². The van der Waals surface area contributed by atoms with Crippen molar-refractivity contribution in [3.05, 3.63) is 47.2 Å². The van der Waals surface area contributed by atoms with Crippen molar-refractivity contribution in [2.45, 2.75) is 38.3 Å². The van der Waals surface area contributed by atoms with Gasteiger partial charge in [-0.2, -0.15) is 13.2 Å². The number of rotatable bonds is 4. The molecular weight excluding hydrogens is 357 g/mol. The summed E-state index contributed by atoms with van der Waals surface area (Å²) in [5, 5.41) is 10.2. The summed E-state index contributed by atoms with van der Waals surface area (Å²) in [5.74, 6) is -2.33. The highest BCUT2D eigenvalue weighted by atomic mass is 19.4. The summed E-state index contributed by atoms with van der Waals surface area (Å²) in [7, 11) is 0. The number of nitrogens with two attached hydrogens (primary N) is 1. The number of aromatic nitrogens is 1. The minimum absolute atomic E-state index is 0.0466. The SMILES string of the molecule is C[C@H](CO)c1nc2c(C3=CCC(C(F)(F)F)CC3)cccc2cc1C(N)=O. The van der Waals surface area contributed by atoms with Crippen molar-refractivity contribution < 1.29 is 23.1 Å². The van der Waals surface area contributed by atoms with E-state index in [1.54, 1.807) is 31.2 Å². The maximum absolute atomic E-state index is 12.9. The number of alkyl halides is 3. The molecule has 0 saturated carbocycles. The highest BCUT2D eigenvalue weighted by Crippen LogP contribution is 2.40. The number of aliphatic hydroxyl groups is 1. The summed E-state index contributed by atoms with van der Waals surface area (Å²) in [6, 6.07) is 7.04. The molecule has 27 heavy (non-hydrogen) atoms. The number of fused-ring (bicyclic) bond motifs is 1. The zero-order valence-electron chi connectivity index (χ0n) is 14.9. The summed E-state index contributed by atoms with van der Waals surface area (Å²) in [4.78, 5) is 16.4. The number of allylic oxidation sites excluding steroid dienone is 2. The van der Waals surface area contributed by atoms with Crippen LogP contribution in [0.25, 0.3) is 16.5 Å². The Morgan fingerprint density at radius 2 is 2.15 bits per heavy atom.